The number of nitrogens with one attached hydrogen (secondary N) is 2. The number of likely N-dealkylation sites (N-methyl/N-ethyl adjacent to an activating group) is 1. The predicted octanol–water partition coefficient (Wildman–Crippen LogP) is 2.85. The SMILES string of the molecule is CC(C(=O)Nc1cccc(S(=O)(=O)N(C)C)c1)N(C)CC(=O)Nc1ccccc1C(F)(F)F. The Bertz CT molecular complexity index is 1120. The highest BCUT2D eigenvalue weighted by molar-refractivity contribution is 7.89. The molecule has 0 radical (unpaired) electrons. The van der Waals surface area contributed by atoms with Crippen LogP contribution >= 0.6 is 0 Å². The van der Waals surface area contributed by atoms with Gasteiger partial charge in [0.15, 0.2) is 0 Å². The number of carbonyl (C=O) groups is 2. The number of hydrogen-bond acceptors (Lipinski definition) is 5. The van der Waals surface area contributed by atoms with E-state index in [0.29, 0.717) is 0 Å². The summed E-state index contributed by atoms with van der Waals surface area (Å²) < 4.78 is 64.8. The highest BCUT2D eigenvalue weighted by Crippen LogP contribution is 2.34. The highest BCUT2D eigenvalue weighted by Gasteiger charge is 2.33. The molecule has 8 nitrogen and oxygen atoms in total. The summed E-state index contributed by atoms with van der Waals surface area (Å²) in [5, 5.41) is 4.80. The molecule has 1 unspecified atom stereocenters. The molecule has 0 fully saturated rings. The lowest BCUT2D eigenvalue weighted by atomic mass is 10.1. The maximum Gasteiger partial charge on any atom is 0.418 e. The molecule has 0 saturated heterocycles. The molecular weight excluding hydrogens is 461 g/mol. The van der Waals surface area contributed by atoms with Gasteiger partial charge < -0.3 is 10.6 Å². The number of sulfonamides is 1. The molecule has 2 amide bonds. The molecule has 0 aliphatic carbocycles. The second-order valence-electron chi connectivity index (χ2n) is 7.49. The number of amides is 2. The van der Waals surface area contributed by atoms with Crippen LogP contribution < -0.4 is 10.6 Å². The van der Waals surface area contributed by atoms with Gasteiger partial charge in [-0.1, -0.05) is 18.2 Å². The third kappa shape index (κ3) is 6.76. The van der Waals surface area contributed by atoms with E-state index in [2.05, 4.69) is 10.6 Å². The molecule has 2 rings (SSSR count). The normalized spacial score (nSPS) is 13.1. The number of alkyl halides is 3. The Morgan fingerprint density at radius 3 is 2.24 bits per heavy atom. The number of nitrogens with zero attached hydrogens (tertiary/aromatic N) is 2. The fourth-order valence-electron chi connectivity index (χ4n) is 2.78. The number of hydrogen-bond donors (Lipinski definition) is 2. The van der Waals surface area contributed by atoms with E-state index in [9.17, 15) is 31.2 Å². The quantitative estimate of drug-likeness (QED) is 0.598. The summed E-state index contributed by atoms with van der Waals surface area (Å²) in [6, 6.07) is 9.44. The van der Waals surface area contributed by atoms with Gasteiger partial charge in [-0.25, -0.2) is 12.7 Å². The van der Waals surface area contributed by atoms with Gasteiger partial charge in [-0.05, 0) is 44.3 Å². The number of anilines is 2. The van der Waals surface area contributed by atoms with E-state index in [4.69, 9.17) is 0 Å². The van der Waals surface area contributed by atoms with E-state index in [1.807, 2.05) is 0 Å². The number of benzene rings is 2. The van der Waals surface area contributed by atoms with Gasteiger partial charge in [0.2, 0.25) is 21.8 Å². The van der Waals surface area contributed by atoms with Gasteiger partial charge in [-0.3, -0.25) is 14.5 Å². The largest absolute Gasteiger partial charge is 0.418 e. The minimum Gasteiger partial charge on any atom is -0.325 e. The van der Waals surface area contributed by atoms with Crippen molar-refractivity contribution in [2.45, 2.75) is 24.0 Å². The van der Waals surface area contributed by atoms with Crippen molar-refractivity contribution in [2.24, 2.45) is 0 Å². The Kier molecular flexibility index (Phi) is 8.22. The molecule has 180 valence electrons. The molecule has 0 spiro atoms. The lowest BCUT2D eigenvalue weighted by Crippen LogP contribution is -2.43. The van der Waals surface area contributed by atoms with E-state index < -0.39 is 39.6 Å². The van der Waals surface area contributed by atoms with Crippen LogP contribution in [0, 0.1) is 0 Å². The van der Waals surface area contributed by atoms with Gasteiger partial charge in [-0.2, -0.15) is 13.2 Å². The van der Waals surface area contributed by atoms with Crippen molar-refractivity contribution < 1.29 is 31.2 Å². The molecule has 12 heteroatoms. The summed E-state index contributed by atoms with van der Waals surface area (Å²) in [5.41, 5.74) is -1.11. The van der Waals surface area contributed by atoms with E-state index in [1.165, 1.54) is 69.4 Å². The van der Waals surface area contributed by atoms with Gasteiger partial charge in [0.25, 0.3) is 0 Å². The summed E-state index contributed by atoms with van der Waals surface area (Å²) >= 11 is 0. The Balaban J connectivity index is 2.04. The molecule has 0 saturated carbocycles. The fourth-order valence-corrected chi connectivity index (χ4v) is 3.73. The van der Waals surface area contributed by atoms with Crippen LogP contribution in [0.5, 0.6) is 0 Å². The molecule has 0 aliphatic heterocycles. The van der Waals surface area contributed by atoms with Crippen molar-refractivity contribution in [3.8, 4) is 0 Å². The Hall–Kier alpha value is -2.96. The van der Waals surface area contributed by atoms with Crippen LogP contribution in [0.1, 0.15) is 12.5 Å². The summed E-state index contributed by atoms with van der Waals surface area (Å²) in [6.45, 7) is 1.16. The molecule has 33 heavy (non-hydrogen) atoms. The van der Waals surface area contributed by atoms with Crippen molar-refractivity contribution in [2.75, 3.05) is 38.3 Å². The highest BCUT2D eigenvalue weighted by atomic mass is 32.2. The van der Waals surface area contributed by atoms with E-state index in [0.717, 1.165) is 16.4 Å². The third-order valence-corrected chi connectivity index (χ3v) is 6.63. The molecule has 1 atom stereocenters. The van der Waals surface area contributed by atoms with Gasteiger partial charge in [0.1, 0.15) is 0 Å². The Labute approximate surface area is 190 Å². The molecule has 0 heterocycles. The lowest BCUT2D eigenvalue weighted by molar-refractivity contribution is -0.137. The minimum absolute atomic E-state index is 0.00554. The van der Waals surface area contributed by atoms with E-state index in [-0.39, 0.29) is 22.8 Å². The lowest BCUT2D eigenvalue weighted by Gasteiger charge is -2.24. The summed E-state index contributed by atoms with van der Waals surface area (Å²) in [5.74, 6) is -1.26. The number of carbonyl (C=O) groups excluding carboxylic acids is 2. The topological polar surface area (TPSA) is 98.8 Å². The standard InChI is InChI=1S/C21H25F3N4O4S/c1-14(20(30)25-15-8-7-9-16(12-15)33(31,32)27(2)3)28(4)13-19(29)26-18-11-6-5-10-17(18)21(22,23)24/h5-12,14H,13H2,1-4H3,(H,25,30)(H,26,29). The fraction of sp³-hybridized carbons (Fsp3) is 0.333. The molecule has 2 aromatic rings. The Morgan fingerprint density at radius 2 is 1.64 bits per heavy atom. The number of rotatable bonds is 8. The smallest absolute Gasteiger partial charge is 0.325 e. The third-order valence-electron chi connectivity index (χ3n) is 4.82. The first-order valence-electron chi connectivity index (χ1n) is 9.73. The van der Waals surface area contributed by atoms with Gasteiger partial charge in [0.05, 0.1) is 28.7 Å². The molecule has 2 aromatic carbocycles. The zero-order valence-electron chi connectivity index (χ0n) is 18.5. The van der Waals surface area contributed by atoms with Crippen LogP contribution in [-0.4, -0.2) is 63.2 Å². The number of halogens is 3. The van der Waals surface area contributed by atoms with Crippen molar-refractivity contribution in [1.29, 1.82) is 0 Å². The first-order chi connectivity index (χ1) is 15.2. The van der Waals surface area contributed by atoms with Crippen molar-refractivity contribution >= 4 is 33.2 Å². The monoisotopic (exact) mass is 486 g/mol. The van der Waals surface area contributed by atoms with Gasteiger partial charge >= 0.3 is 6.18 Å². The van der Waals surface area contributed by atoms with Crippen LogP contribution in [0.3, 0.4) is 0 Å². The zero-order valence-corrected chi connectivity index (χ0v) is 19.3. The average Bonchev–Trinajstić information content (AvgIpc) is 2.72. The van der Waals surface area contributed by atoms with Crippen LogP contribution in [0.4, 0.5) is 24.5 Å². The van der Waals surface area contributed by atoms with Crippen LogP contribution in [0.15, 0.2) is 53.4 Å². The molecule has 0 bridgehead atoms. The summed E-state index contributed by atoms with van der Waals surface area (Å²) in [4.78, 5) is 26.2. The maximum atomic E-state index is 13.1. The van der Waals surface area contributed by atoms with E-state index in [1.54, 1.807) is 0 Å². The van der Waals surface area contributed by atoms with Gasteiger partial charge in [0, 0.05) is 19.8 Å². The molecule has 0 aliphatic rings. The van der Waals surface area contributed by atoms with Crippen LogP contribution in [-0.2, 0) is 25.8 Å². The van der Waals surface area contributed by atoms with Crippen LogP contribution in [0.25, 0.3) is 0 Å². The first kappa shape index (κ1) is 26.3. The average molecular weight is 487 g/mol. The van der Waals surface area contributed by atoms with Crippen molar-refractivity contribution in [1.82, 2.24) is 9.21 Å². The van der Waals surface area contributed by atoms with Crippen LogP contribution in [0.2, 0.25) is 0 Å². The van der Waals surface area contributed by atoms with Crippen molar-refractivity contribution in [3.05, 3.63) is 54.1 Å². The Morgan fingerprint density at radius 1 is 1.00 bits per heavy atom. The maximum absolute atomic E-state index is 13.1. The van der Waals surface area contributed by atoms with Crippen molar-refractivity contribution in [3.63, 3.8) is 0 Å². The molecule has 0 aromatic heterocycles. The minimum atomic E-state index is -4.63. The predicted molar refractivity (Wildman–Crippen MR) is 118 cm³/mol. The molecule has 2 N–H and O–H groups in total. The van der Waals surface area contributed by atoms with Gasteiger partial charge in [-0.15, -0.1) is 0 Å². The zero-order chi connectivity index (χ0) is 25.0. The molecular formula is C21H25F3N4O4S. The summed E-state index contributed by atoms with van der Waals surface area (Å²) in [7, 11) is 0.541. The second-order valence-corrected chi connectivity index (χ2v) is 9.64. The number of para-hydroxylation sites is 1. The second kappa shape index (κ2) is 10.3. The summed E-state index contributed by atoms with van der Waals surface area (Å²) in [6.07, 6.45) is -4.63. The van der Waals surface area contributed by atoms with E-state index >= 15 is 0 Å². The first-order valence-corrected chi connectivity index (χ1v) is 11.2.